The maximum Gasteiger partial charge on any atom is 0.338 e. The normalized spacial score (nSPS) is 22.1. The highest BCUT2D eigenvalue weighted by molar-refractivity contribution is 8.00. The number of fused-ring (bicyclic) bond motifs is 1. The molecule has 0 aliphatic carbocycles. The molecule has 2 aromatic carbocycles. The maximum absolute atomic E-state index is 12.0. The van der Waals surface area contributed by atoms with Gasteiger partial charge in [-0.05, 0) is 35.7 Å². The minimum Gasteiger partial charge on any atom is -0.461 e. The molecule has 1 fully saturated rings. The van der Waals surface area contributed by atoms with Crippen LogP contribution in [0.3, 0.4) is 0 Å². The predicted molar refractivity (Wildman–Crippen MR) is 80.9 cm³/mol. The second-order valence-electron chi connectivity index (χ2n) is 4.95. The molecule has 1 N–H and O–H groups in total. The third kappa shape index (κ3) is 2.97. The molecule has 0 spiro atoms. The van der Waals surface area contributed by atoms with Crippen molar-refractivity contribution in [3.8, 4) is 0 Å². The molecule has 1 aliphatic heterocycles. The van der Waals surface area contributed by atoms with E-state index in [2.05, 4.69) is 0 Å². The number of carbonyl (C=O) groups is 1. The van der Waals surface area contributed by atoms with Gasteiger partial charge in [-0.1, -0.05) is 30.3 Å². The third-order valence-corrected chi connectivity index (χ3v) is 4.78. The number of hydrogen-bond donors (Lipinski definition) is 1. The lowest BCUT2D eigenvalue weighted by Gasteiger charge is -2.10. The van der Waals surface area contributed by atoms with E-state index in [9.17, 15) is 9.90 Å². The lowest BCUT2D eigenvalue weighted by Crippen LogP contribution is -2.14. The molecule has 3 nitrogen and oxygen atoms in total. The van der Waals surface area contributed by atoms with Gasteiger partial charge in [0.25, 0.3) is 0 Å². The average molecular weight is 288 g/mol. The molecule has 20 heavy (non-hydrogen) atoms. The fourth-order valence-corrected chi connectivity index (χ4v) is 3.51. The second-order valence-corrected chi connectivity index (χ2v) is 6.43. The highest BCUT2D eigenvalue weighted by atomic mass is 32.2. The van der Waals surface area contributed by atoms with E-state index in [1.807, 2.05) is 36.4 Å². The molecule has 0 amide bonds. The first-order valence-corrected chi connectivity index (χ1v) is 7.66. The molecular weight excluding hydrogens is 272 g/mol. The Morgan fingerprint density at radius 3 is 2.75 bits per heavy atom. The fraction of sp³-hybridized carbons (Fsp3) is 0.312. The van der Waals surface area contributed by atoms with Gasteiger partial charge < -0.3 is 9.84 Å². The van der Waals surface area contributed by atoms with Crippen LogP contribution in [-0.2, 0) is 4.74 Å². The predicted octanol–water partition coefficient (Wildman–Crippen LogP) is 3.21. The van der Waals surface area contributed by atoms with Gasteiger partial charge in [-0.3, -0.25) is 0 Å². The number of esters is 1. The molecule has 1 aliphatic rings. The van der Waals surface area contributed by atoms with Crippen LogP contribution in [0.25, 0.3) is 10.8 Å². The first-order valence-electron chi connectivity index (χ1n) is 6.72. The van der Waals surface area contributed by atoms with Gasteiger partial charge in [0.05, 0.1) is 11.0 Å². The number of aliphatic hydroxyl groups excluding tert-OH is 1. The zero-order valence-corrected chi connectivity index (χ0v) is 11.8. The van der Waals surface area contributed by atoms with Crippen molar-refractivity contribution in [3.05, 3.63) is 48.0 Å². The van der Waals surface area contributed by atoms with E-state index in [4.69, 9.17) is 4.74 Å². The van der Waals surface area contributed by atoms with Crippen LogP contribution in [0.2, 0.25) is 0 Å². The highest BCUT2D eigenvalue weighted by Gasteiger charge is 2.24. The molecule has 104 valence electrons. The third-order valence-electron chi connectivity index (χ3n) is 3.47. The number of thioether (sulfide) groups is 1. The van der Waals surface area contributed by atoms with Gasteiger partial charge >= 0.3 is 5.97 Å². The molecule has 0 saturated carbocycles. The smallest absolute Gasteiger partial charge is 0.338 e. The van der Waals surface area contributed by atoms with Crippen molar-refractivity contribution in [2.45, 2.75) is 23.5 Å². The van der Waals surface area contributed by atoms with Crippen LogP contribution in [0, 0.1) is 0 Å². The summed E-state index contributed by atoms with van der Waals surface area (Å²) in [6.07, 6.45) is 1.68. The molecule has 2 atom stereocenters. The van der Waals surface area contributed by atoms with Crippen molar-refractivity contribution in [2.75, 3.05) is 6.61 Å². The Bertz CT molecular complexity index is 626. The molecule has 1 unspecified atom stereocenters. The molecule has 1 saturated heterocycles. The largest absolute Gasteiger partial charge is 0.461 e. The van der Waals surface area contributed by atoms with Crippen molar-refractivity contribution in [3.63, 3.8) is 0 Å². The van der Waals surface area contributed by atoms with Crippen LogP contribution < -0.4 is 0 Å². The minimum absolute atomic E-state index is 0.217. The molecule has 3 rings (SSSR count). The summed E-state index contributed by atoms with van der Waals surface area (Å²) in [6.45, 7) is 0.368. The Kier molecular flexibility index (Phi) is 3.94. The number of aliphatic hydroxyl groups is 1. The topological polar surface area (TPSA) is 46.5 Å². The summed E-state index contributed by atoms with van der Waals surface area (Å²) >= 11 is 1.48. The van der Waals surface area contributed by atoms with Crippen LogP contribution >= 0.6 is 11.8 Å². The molecule has 0 bridgehead atoms. The summed E-state index contributed by atoms with van der Waals surface area (Å²) in [5.41, 5.74) is 0.270. The summed E-state index contributed by atoms with van der Waals surface area (Å²) in [4.78, 5) is 12.0. The number of carbonyl (C=O) groups excluding carboxylic acids is 1. The van der Waals surface area contributed by atoms with Crippen molar-refractivity contribution in [2.24, 2.45) is 0 Å². The molecule has 1 heterocycles. The quantitative estimate of drug-likeness (QED) is 0.881. The van der Waals surface area contributed by atoms with E-state index in [1.54, 1.807) is 6.07 Å². The molecular formula is C16H16O3S. The van der Waals surface area contributed by atoms with Gasteiger partial charge in [-0.15, -0.1) is 11.8 Å². The first kappa shape index (κ1) is 13.5. The summed E-state index contributed by atoms with van der Waals surface area (Å²) in [5, 5.41) is 11.8. The fourth-order valence-electron chi connectivity index (χ4n) is 2.38. The minimum atomic E-state index is -0.306. The van der Waals surface area contributed by atoms with Crippen molar-refractivity contribution < 1.29 is 14.6 Å². The SMILES string of the molecule is O=C(OC[C@H]1CCC(O)S1)c1ccc2ccccc2c1. The standard InChI is InChI=1S/C16H16O3S/c17-15-8-7-14(20-15)10-19-16(18)13-6-5-11-3-1-2-4-12(11)9-13/h1-6,9,14-15,17H,7-8,10H2/t14-,15?/m1/s1. The first-order chi connectivity index (χ1) is 9.72. The summed E-state index contributed by atoms with van der Waals surface area (Å²) < 4.78 is 5.34. The van der Waals surface area contributed by atoms with Gasteiger partial charge in [0.15, 0.2) is 0 Å². The Hall–Kier alpha value is -1.52. The summed E-state index contributed by atoms with van der Waals surface area (Å²) in [6, 6.07) is 13.5. The highest BCUT2D eigenvalue weighted by Crippen LogP contribution is 2.32. The van der Waals surface area contributed by atoms with E-state index in [1.165, 1.54) is 11.8 Å². The van der Waals surface area contributed by atoms with Gasteiger partial charge in [0.2, 0.25) is 0 Å². The van der Waals surface area contributed by atoms with Gasteiger partial charge in [0.1, 0.15) is 6.61 Å². The number of hydrogen-bond acceptors (Lipinski definition) is 4. The van der Waals surface area contributed by atoms with Crippen LogP contribution in [0.5, 0.6) is 0 Å². The van der Waals surface area contributed by atoms with Crippen molar-refractivity contribution in [1.29, 1.82) is 0 Å². The van der Waals surface area contributed by atoms with E-state index in [0.717, 1.165) is 23.6 Å². The maximum atomic E-state index is 12.0. The van der Waals surface area contributed by atoms with E-state index < -0.39 is 0 Å². The molecule has 0 radical (unpaired) electrons. The van der Waals surface area contributed by atoms with Gasteiger partial charge in [-0.25, -0.2) is 4.79 Å². The Labute approximate surface area is 121 Å². The van der Waals surface area contributed by atoms with Crippen molar-refractivity contribution in [1.82, 2.24) is 0 Å². The monoisotopic (exact) mass is 288 g/mol. The van der Waals surface area contributed by atoms with Crippen LogP contribution in [0.4, 0.5) is 0 Å². The molecule has 2 aromatic rings. The Balaban J connectivity index is 1.66. The van der Waals surface area contributed by atoms with E-state index >= 15 is 0 Å². The lowest BCUT2D eigenvalue weighted by molar-refractivity contribution is 0.0506. The number of ether oxygens (including phenoxy) is 1. The van der Waals surface area contributed by atoms with Crippen molar-refractivity contribution >= 4 is 28.5 Å². The summed E-state index contributed by atoms with van der Waals surface area (Å²) in [7, 11) is 0. The summed E-state index contributed by atoms with van der Waals surface area (Å²) in [5.74, 6) is -0.294. The van der Waals surface area contributed by atoms with Crippen LogP contribution in [0.15, 0.2) is 42.5 Å². The zero-order chi connectivity index (χ0) is 13.9. The average Bonchev–Trinajstić information content (AvgIpc) is 2.90. The van der Waals surface area contributed by atoms with Crippen LogP contribution in [0.1, 0.15) is 23.2 Å². The second kappa shape index (κ2) is 5.85. The number of benzene rings is 2. The molecule has 0 aromatic heterocycles. The Morgan fingerprint density at radius 2 is 2.00 bits per heavy atom. The lowest BCUT2D eigenvalue weighted by atomic mass is 10.1. The number of rotatable bonds is 3. The Morgan fingerprint density at radius 1 is 1.20 bits per heavy atom. The molecule has 4 heteroatoms. The van der Waals surface area contributed by atoms with E-state index in [0.29, 0.717) is 12.2 Å². The van der Waals surface area contributed by atoms with Crippen LogP contribution in [-0.4, -0.2) is 28.4 Å². The van der Waals surface area contributed by atoms with Gasteiger partial charge in [0, 0.05) is 5.25 Å². The van der Waals surface area contributed by atoms with E-state index in [-0.39, 0.29) is 16.7 Å². The van der Waals surface area contributed by atoms with Gasteiger partial charge in [-0.2, -0.15) is 0 Å². The zero-order valence-electron chi connectivity index (χ0n) is 11.0.